The molecule has 3 aliphatic rings. The zero-order chi connectivity index (χ0) is 23.1. The quantitative estimate of drug-likeness (QED) is 0.715. The van der Waals surface area contributed by atoms with Gasteiger partial charge < -0.3 is 14.8 Å². The zero-order valence-corrected chi connectivity index (χ0v) is 18.2. The lowest BCUT2D eigenvalue weighted by Crippen LogP contribution is -2.53. The standard InChI is InChI=1S/C24H24F2N4O3/c1-32-22(31)20-19(15-30-10-12-33-13-11-30)28-21(18-8-4-5-9-27-18)29-24(20)17-7-3-2-6-16(17)14-23(24,25)26/h2-9H,10-15H2,1H3,(H,28,29). The monoisotopic (exact) mass is 454 g/mol. The normalized spacial score (nSPS) is 24.3. The molecule has 1 unspecified atom stereocenters. The highest BCUT2D eigenvalue weighted by atomic mass is 19.3. The summed E-state index contributed by atoms with van der Waals surface area (Å²) in [7, 11) is 1.20. The summed E-state index contributed by atoms with van der Waals surface area (Å²) in [5.41, 5.74) is -0.844. The average Bonchev–Trinajstić information content (AvgIpc) is 3.05. The SMILES string of the molecule is COC(=O)C1=C(CN2CCOCC2)NC(c2ccccn2)=NC12c1ccccc1CC2(F)F. The molecule has 1 aromatic carbocycles. The van der Waals surface area contributed by atoms with Gasteiger partial charge in [-0.25, -0.2) is 18.6 Å². The van der Waals surface area contributed by atoms with Gasteiger partial charge in [-0.1, -0.05) is 30.3 Å². The maximum atomic E-state index is 16.0. The fraction of sp³-hybridized carbons (Fsp3) is 0.375. The Balaban J connectivity index is 1.75. The Morgan fingerprint density at radius 1 is 1.18 bits per heavy atom. The molecule has 1 saturated heterocycles. The van der Waals surface area contributed by atoms with E-state index in [-0.39, 0.29) is 18.0 Å². The number of nitrogens with one attached hydrogen (secondary N) is 1. The first kappa shape index (κ1) is 21.7. The number of halogens is 2. The molecule has 33 heavy (non-hydrogen) atoms. The summed E-state index contributed by atoms with van der Waals surface area (Å²) in [6.07, 6.45) is 1.06. The van der Waals surface area contributed by atoms with E-state index in [0.717, 1.165) is 0 Å². The number of methoxy groups -OCH3 is 1. The van der Waals surface area contributed by atoms with Gasteiger partial charge in [0.25, 0.3) is 5.92 Å². The van der Waals surface area contributed by atoms with Gasteiger partial charge in [0, 0.05) is 37.9 Å². The molecule has 1 spiro atoms. The first-order valence-electron chi connectivity index (χ1n) is 10.8. The topological polar surface area (TPSA) is 76.0 Å². The molecule has 1 fully saturated rings. The van der Waals surface area contributed by atoms with Gasteiger partial charge in [-0.15, -0.1) is 0 Å². The number of benzene rings is 1. The van der Waals surface area contributed by atoms with E-state index in [9.17, 15) is 4.79 Å². The van der Waals surface area contributed by atoms with E-state index in [0.29, 0.717) is 48.8 Å². The molecule has 1 atom stereocenters. The number of nitrogens with zero attached hydrogens (tertiary/aromatic N) is 3. The predicted molar refractivity (Wildman–Crippen MR) is 117 cm³/mol. The lowest BCUT2D eigenvalue weighted by atomic mass is 9.79. The molecule has 1 N–H and O–H groups in total. The smallest absolute Gasteiger partial charge is 0.338 e. The average molecular weight is 454 g/mol. The van der Waals surface area contributed by atoms with Crippen molar-refractivity contribution in [3.63, 3.8) is 0 Å². The summed E-state index contributed by atoms with van der Waals surface area (Å²) in [5.74, 6) is -3.98. The summed E-state index contributed by atoms with van der Waals surface area (Å²) >= 11 is 0. The summed E-state index contributed by atoms with van der Waals surface area (Å²) in [5, 5.41) is 3.15. The van der Waals surface area contributed by atoms with E-state index in [4.69, 9.17) is 9.47 Å². The summed E-state index contributed by atoms with van der Waals surface area (Å²) in [6, 6.07) is 11.9. The number of amidine groups is 1. The third-order valence-corrected chi connectivity index (χ3v) is 6.34. The van der Waals surface area contributed by atoms with Crippen LogP contribution in [0.25, 0.3) is 0 Å². The molecule has 0 saturated carbocycles. The van der Waals surface area contributed by atoms with Crippen molar-refractivity contribution in [2.75, 3.05) is 40.0 Å². The van der Waals surface area contributed by atoms with Crippen molar-refractivity contribution in [1.82, 2.24) is 15.2 Å². The molecule has 2 aromatic rings. The minimum absolute atomic E-state index is 0.161. The molecule has 172 valence electrons. The Hall–Kier alpha value is -3.17. The van der Waals surface area contributed by atoms with Gasteiger partial charge in [-0.2, -0.15) is 0 Å². The molecule has 0 bridgehead atoms. The van der Waals surface area contributed by atoms with Gasteiger partial charge in [0.2, 0.25) is 0 Å². The van der Waals surface area contributed by atoms with E-state index in [1.165, 1.54) is 7.11 Å². The highest BCUT2D eigenvalue weighted by molar-refractivity contribution is 6.04. The maximum Gasteiger partial charge on any atom is 0.338 e. The number of rotatable bonds is 4. The van der Waals surface area contributed by atoms with E-state index < -0.39 is 23.9 Å². The summed E-state index contributed by atoms with van der Waals surface area (Å²) < 4.78 is 42.5. The molecular formula is C24H24F2N4O3. The lowest BCUT2D eigenvalue weighted by molar-refractivity contribution is -0.140. The maximum absolute atomic E-state index is 16.0. The minimum atomic E-state index is -3.35. The third kappa shape index (κ3) is 3.52. The number of aliphatic imine (C=N–C) groups is 1. The third-order valence-electron chi connectivity index (χ3n) is 6.34. The van der Waals surface area contributed by atoms with Crippen molar-refractivity contribution in [3.8, 4) is 0 Å². The van der Waals surface area contributed by atoms with E-state index >= 15 is 8.78 Å². The second-order valence-electron chi connectivity index (χ2n) is 8.28. The van der Waals surface area contributed by atoms with Crippen molar-refractivity contribution in [2.24, 2.45) is 4.99 Å². The predicted octanol–water partition coefficient (Wildman–Crippen LogP) is 2.28. The van der Waals surface area contributed by atoms with Crippen molar-refractivity contribution in [3.05, 3.63) is 76.8 Å². The number of esters is 1. The molecule has 1 aliphatic carbocycles. The summed E-state index contributed by atoms with van der Waals surface area (Å²) in [4.78, 5) is 24.1. The highest BCUT2D eigenvalue weighted by Crippen LogP contribution is 2.56. The van der Waals surface area contributed by atoms with Gasteiger partial charge in [0.1, 0.15) is 5.69 Å². The molecular weight excluding hydrogens is 430 g/mol. The Bertz CT molecular complexity index is 1130. The first-order chi connectivity index (χ1) is 16.0. The molecule has 7 nitrogen and oxygen atoms in total. The van der Waals surface area contributed by atoms with Crippen LogP contribution in [0.5, 0.6) is 0 Å². The van der Waals surface area contributed by atoms with Crippen LogP contribution in [0.1, 0.15) is 16.8 Å². The van der Waals surface area contributed by atoms with Crippen LogP contribution in [0, 0.1) is 0 Å². The number of alkyl halides is 2. The number of fused-ring (bicyclic) bond motifs is 2. The summed E-state index contributed by atoms with van der Waals surface area (Å²) in [6.45, 7) is 2.56. The lowest BCUT2D eigenvalue weighted by Gasteiger charge is -2.40. The number of hydrogen-bond acceptors (Lipinski definition) is 7. The van der Waals surface area contributed by atoms with Gasteiger partial charge in [-0.3, -0.25) is 9.88 Å². The Labute approximate surface area is 190 Å². The Morgan fingerprint density at radius 2 is 1.94 bits per heavy atom. The van der Waals surface area contributed by atoms with Gasteiger partial charge in [0.15, 0.2) is 11.4 Å². The number of ether oxygens (including phenoxy) is 2. The molecule has 1 aromatic heterocycles. The fourth-order valence-corrected chi connectivity index (χ4v) is 4.83. The number of morpholine rings is 1. The molecule has 9 heteroatoms. The largest absolute Gasteiger partial charge is 0.466 e. The van der Waals surface area contributed by atoms with Crippen LogP contribution in [-0.2, 0) is 26.2 Å². The second-order valence-corrected chi connectivity index (χ2v) is 8.28. The minimum Gasteiger partial charge on any atom is -0.466 e. The Morgan fingerprint density at radius 3 is 2.67 bits per heavy atom. The van der Waals surface area contributed by atoms with Crippen LogP contribution in [0.15, 0.2) is 64.9 Å². The van der Waals surface area contributed by atoms with Gasteiger partial charge >= 0.3 is 5.97 Å². The Kier molecular flexibility index (Phi) is 5.46. The van der Waals surface area contributed by atoms with Gasteiger partial charge in [0.05, 0.1) is 25.9 Å². The van der Waals surface area contributed by atoms with E-state index in [1.54, 1.807) is 48.7 Å². The second kappa shape index (κ2) is 8.31. The molecule has 5 rings (SSSR count). The number of aromatic nitrogens is 1. The molecule has 2 aliphatic heterocycles. The number of hydrogen-bond donors (Lipinski definition) is 1. The molecule has 0 radical (unpaired) electrons. The van der Waals surface area contributed by atoms with Crippen molar-refractivity contribution in [2.45, 2.75) is 17.9 Å². The highest BCUT2D eigenvalue weighted by Gasteiger charge is 2.66. The van der Waals surface area contributed by atoms with Crippen molar-refractivity contribution in [1.29, 1.82) is 0 Å². The zero-order valence-electron chi connectivity index (χ0n) is 18.2. The van der Waals surface area contributed by atoms with Crippen molar-refractivity contribution < 1.29 is 23.0 Å². The van der Waals surface area contributed by atoms with Crippen LogP contribution in [0.4, 0.5) is 8.78 Å². The van der Waals surface area contributed by atoms with Crippen LogP contribution in [-0.4, -0.2) is 67.6 Å². The molecule has 3 heterocycles. The number of carbonyl (C=O) groups is 1. The molecule has 0 amide bonds. The number of carbonyl (C=O) groups excluding carboxylic acids is 1. The van der Waals surface area contributed by atoms with Crippen molar-refractivity contribution >= 4 is 11.8 Å². The van der Waals surface area contributed by atoms with Gasteiger partial charge in [-0.05, 0) is 23.3 Å². The van der Waals surface area contributed by atoms with Crippen LogP contribution < -0.4 is 5.32 Å². The van der Waals surface area contributed by atoms with E-state index in [2.05, 4.69) is 20.2 Å². The van der Waals surface area contributed by atoms with E-state index in [1.807, 2.05) is 0 Å². The van der Waals surface area contributed by atoms with Crippen LogP contribution in [0.3, 0.4) is 0 Å². The van der Waals surface area contributed by atoms with Crippen LogP contribution >= 0.6 is 0 Å². The van der Waals surface area contributed by atoms with Crippen LogP contribution in [0.2, 0.25) is 0 Å². The number of pyridine rings is 1. The fourth-order valence-electron chi connectivity index (χ4n) is 4.83. The first-order valence-corrected chi connectivity index (χ1v) is 10.8.